The van der Waals surface area contributed by atoms with Gasteiger partial charge in [-0.2, -0.15) is 0 Å². The number of nitrogens with zero attached hydrogens (tertiary/aromatic N) is 1. The number of likely N-dealkylation sites (N-methyl/N-ethyl adjacent to an activating group) is 1. The number of rotatable bonds is 5. The van der Waals surface area contributed by atoms with E-state index in [9.17, 15) is 0 Å². The van der Waals surface area contributed by atoms with Crippen LogP contribution in [0.4, 0.5) is 5.69 Å². The third-order valence-electron chi connectivity index (χ3n) is 4.29. The molecule has 0 heterocycles. The number of nitrogens with two attached hydrogens (primary N) is 1. The lowest BCUT2D eigenvalue weighted by molar-refractivity contribution is 0.168. The summed E-state index contributed by atoms with van der Waals surface area (Å²) in [6, 6.07) is 8.38. The van der Waals surface area contributed by atoms with E-state index in [2.05, 4.69) is 11.9 Å². The van der Waals surface area contributed by atoms with Crippen molar-refractivity contribution in [3.63, 3.8) is 0 Å². The van der Waals surface area contributed by atoms with E-state index >= 15 is 0 Å². The quantitative estimate of drug-likeness (QED) is 0.834. The van der Waals surface area contributed by atoms with Gasteiger partial charge < -0.3 is 15.4 Å². The lowest BCUT2D eigenvalue weighted by Gasteiger charge is -2.29. The molecule has 3 heteroatoms. The van der Waals surface area contributed by atoms with E-state index in [4.69, 9.17) is 10.5 Å². The van der Waals surface area contributed by atoms with Crippen LogP contribution in [0.1, 0.15) is 44.9 Å². The summed E-state index contributed by atoms with van der Waals surface area (Å²) < 4.78 is 5.78. The molecule has 0 aromatic heterocycles. The van der Waals surface area contributed by atoms with Crippen molar-refractivity contribution < 1.29 is 4.74 Å². The van der Waals surface area contributed by atoms with Crippen LogP contribution in [0, 0.1) is 0 Å². The molecule has 1 aliphatic carbocycles. The minimum atomic E-state index is 0.741. The molecular weight excluding hydrogens is 248 g/mol. The fraction of sp³-hybridized carbons (Fsp3) is 0.647. The molecule has 0 aliphatic heterocycles. The molecule has 0 amide bonds. The number of ether oxygens (including phenoxy) is 1. The SMILES string of the molecule is CN(CCOc1ccc(N)cc1)C1CCCCCCC1. The van der Waals surface area contributed by atoms with E-state index in [-0.39, 0.29) is 0 Å². The van der Waals surface area contributed by atoms with Crippen molar-refractivity contribution >= 4 is 5.69 Å². The van der Waals surface area contributed by atoms with E-state index in [0.29, 0.717) is 0 Å². The van der Waals surface area contributed by atoms with E-state index in [1.807, 2.05) is 24.3 Å². The van der Waals surface area contributed by atoms with Crippen LogP contribution < -0.4 is 10.5 Å². The Kier molecular flexibility index (Phi) is 6.19. The normalized spacial score (nSPS) is 17.7. The molecule has 3 nitrogen and oxygen atoms in total. The minimum absolute atomic E-state index is 0.741. The Bertz CT molecular complexity index is 369. The van der Waals surface area contributed by atoms with Gasteiger partial charge in [0.1, 0.15) is 12.4 Å². The van der Waals surface area contributed by atoms with Crippen LogP contribution >= 0.6 is 0 Å². The molecule has 0 radical (unpaired) electrons. The first-order valence-electron chi connectivity index (χ1n) is 7.94. The van der Waals surface area contributed by atoms with E-state index in [1.54, 1.807) is 0 Å². The van der Waals surface area contributed by atoms with Crippen molar-refractivity contribution in [1.82, 2.24) is 4.90 Å². The maximum atomic E-state index is 5.78. The predicted octanol–water partition coefficient (Wildman–Crippen LogP) is 3.69. The van der Waals surface area contributed by atoms with Gasteiger partial charge in [-0.05, 0) is 44.2 Å². The van der Waals surface area contributed by atoms with Gasteiger partial charge in [0.2, 0.25) is 0 Å². The monoisotopic (exact) mass is 276 g/mol. The Hall–Kier alpha value is -1.22. The van der Waals surface area contributed by atoms with Gasteiger partial charge in [-0.3, -0.25) is 0 Å². The molecule has 20 heavy (non-hydrogen) atoms. The van der Waals surface area contributed by atoms with Gasteiger partial charge >= 0.3 is 0 Å². The first-order valence-corrected chi connectivity index (χ1v) is 7.94. The van der Waals surface area contributed by atoms with Gasteiger partial charge in [0.25, 0.3) is 0 Å². The Balaban J connectivity index is 1.70. The maximum absolute atomic E-state index is 5.78. The summed E-state index contributed by atoms with van der Waals surface area (Å²) >= 11 is 0. The number of benzene rings is 1. The summed E-state index contributed by atoms with van der Waals surface area (Å²) in [6.45, 7) is 1.74. The minimum Gasteiger partial charge on any atom is -0.492 e. The van der Waals surface area contributed by atoms with E-state index in [1.165, 1.54) is 44.9 Å². The summed E-state index contributed by atoms with van der Waals surface area (Å²) in [7, 11) is 2.23. The predicted molar refractivity (Wildman–Crippen MR) is 85.1 cm³/mol. The maximum Gasteiger partial charge on any atom is 0.119 e. The Labute approximate surface area is 123 Å². The molecule has 0 atom stereocenters. The molecule has 1 fully saturated rings. The fourth-order valence-corrected chi connectivity index (χ4v) is 2.93. The summed E-state index contributed by atoms with van der Waals surface area (Å²) in [5.74, 6) is 0.908. The molecule has 1 saturated carbocycles. The smallest absolute Gasteiger partial charge is 0.119 e. The molecule has 0 spiro atoms. The largest absolute Gasteiger partial charge is 0.492 e. The van der Waals surface area contributed by atoms with Crippen LogP contribution in [0.5, 0.6) is 5.75 Å². The van der Waals surface area contributed by atoms with Gasteiger partial charge in [-0.15, -0.1) is 0 Å². The highest BCUT2D eigenvalue weighted by atomic mass is 16.5. The highest BCUT2D eigenvalue weighted by Crippen LogP contribution is 2.20. The Morgan fingerprint density at radius 2 is 1.65 bits per heavy atom. The van der Waals surface area contributed by atoms with Gasteiger partial charge in [-0.1, -0.05) is 32.1 Å². The summed E-state index contributed by atoms with van der Waals surface area (Å²) in [4.78, 5) is 2.47. The van der Waals surface area contributed by atoms with Crippen LogP contribution in [0.2, 0.25) is 0 Å². The average Bonchev–Trinajstić information content (AvgIpc) is 2.40. The molecule has 2 rings (SSSR count). The lowest BCUT2D eigenvalue weighted by Crippen LogP contribution is -2.35. The van der Waals surface area contributed by atoms with E-state index < -0.39 is 0 Å². The molecule has 2 N–H and O–H groups in total. The van der Waals surface area contributed by atoms with Crippen LogP contribution in [-0.2, 0) is 0 Å². The summed E-state index contributed by atoms with van der Waals surface area (Å²) in [5, 5.41) is 0. The second-order valence-corrected chi connectivity index (χ2v) is 5.90. The molecule has 1 aliphatic rings. The molecule has 1 aromatic carbocycles. The second kappa shape index (κ2) is 8.15. The van der Waals surface area contributed by atoms with Crippen molar-refractivity contribution in [3.05, 3.63) is 24.3 Å². The highest BCUT2D eigenvalue weighted by molar-refractivity contribution is 5.41. The zero-order valence-corrected chi connectivity index (χ0v) is 12.7. The van der Waals surface area contributed by atoms with Crippen LogP contribution in [0.25, 0.3) is 0 Å². The van der Waals surface area contributed by atoms with Crippen molar-refractivity contribution in [2.45, 2.75) is 51.0 Å². The third kappa shape index (κ3) is 5.04. The van der Waals surface area contributed by atoms with E-state index in [0.717, 1.165) is 30.6 Å². The summed E-state index contributed by atoms with van der Waals surface area (Å²) in [6.07, 6.45) is 9.70. The first-order chi connectivity index (χ1) is 9.75. The molecule has 112 valence electrons. The topological polar surface area (TPSA) is 38.5 Å². The molecule has 1 aromatic rings. The number of nitrogen functional groups attached to an aromatic ring is 1. The van der Waals surface area contributed by atoms with Gasteiger partial charge in [0.05, 0.1) is 0 Å². The molecular formula is C17H28N2O. The van der Waals surface area contributed by atoms with Crippen molar-refractivity contribution in [2.75, 3.05) is 25.9 Å². The third-order valence-corrected chi connectivity index (χ3v) is 4.29. The highest BCUT2D eigenvalue weighted by Gasteiger charge is 2.15. The van der Waals surface area contributed by atoms with Gasteiger partial charge in [-0.25, -0.2) is 0 Å². The average molecular weight is 276 g/mol. The molecule has 0 bridgehead atoms. The van der Waals surface area contributed by atoms with Gasteiger partial charge in [0.15, 0.2) is 0 Å². The van der Waals surface area contributed by atoms with Crippen molar-refractivity contribution in [2.24, 2.45) is 0 Å². The number of hydrogen-bond donors (Lipinski definition) is 1. The lowest BCUT2D eigenvalue weighted by atomic mass is 9.96. The zero-order valence-electron chi connectivity index (χ0n) is 12.7. The van der Waals surface area contributed by atoms with Crippen molar-refractivity contribution in [1.29, 1.82) is 0 Å². The molecule has 0 saturated heterocycles. The first kappa shape index (κ1) is 15.2. The summed E-state index contributed by atoms with van der Waals surface area (Å²) in [5.41, 5.74) is 6.45. The van der Waals surface area contributed by atoms with Gasteiger partial charge in [0, 0.05) is 18.3 Å². The van der Waals surface area contributed by atoms with Crippen LogP contribution in [0.3, 0.4) is 0 Å². The second-order valence-electron chi connectivity index (χ2n) is 5.90. The van der Waals surface area contributed by atoms with Crippen LogP contribution in [0.15, 0.2) is 24.3 Å². The zero-order chi connectivity index (χ0) is 14.2. The Morgan fingerprint density at radius 3 is 2.30 bits per heavy atom. The number of hydrogen-bond acceptors (Lipinski definition) is 3. The fourth-order valence-electron chi connectivity index (χ4n) is 2.93. The van der Waals surface area contributed by atoms with Crippen molar-refractivity contribution in [3.8, 4) is 5.75 Å². The van der Waals surface area contributed by atoms with Crippen LogP contribution in [-0.4, -0.2) is 31.1 Å². The number of anilines is 1. The standard InChI is InChI=1S/C17H28N2O/c1-19(16-7-5-3-2-4-6-8-16)13-14-20-17-11-9-15(18)10-12-17/h9-12,16H,2-8,13-14,18H2,1H3. The molecule has 0 unspecified atom stereocenters. The Morgan fingerprint density at radius 1 is 1.05 bits per heavy atom.